The molecule has 94 valence electrons. The zero-order chi connectivity index (χ0) is 13.3. The second-order valence-electron chi connectivity index (χ2n) is 3.43. The van der Waals surface area contributed by atoms with Crippen molar-refractivity contribution in [2.24, 2.45) is 0 Å². The molecule has 0 atom stereocenters. The van der Waals surface area contributed by atoms with Crippen LogP contribution >= 0.6 is 11.6 Å². The largest absolute Gasteiger partial charge is 0.497 e. The lowest BCUT2D eigenvalue weighted by molar-refractivity contribution is 0.107. The summed E-state index contributed by atoms with van der Waals surface area (Å²) in [6.07, 6.45) is 0. The predicted molar refractivity (Wildman–Crippen MR) is 65.8 cm³/mol. The summed E-state index contributed by atoms with van der Waals surface area (Å²) in [6.45, 7) is 0. The highest BCUT2D eigenvalue weighted by Crippen LogP contribution is 2.28. The smallest absolute Gasteiger partial charge is 0.379 e. The van der Waals surface area contributed by atoms with Gasteiger partial charge in [0.15, 0.2) is 0 Å². The van der Waals surface area contributed by atoms with E-state index in [0.717, 1.165) is 0 Å². The lowest BCUT2D eigenvalue weighted by atomic mass is 10.1. The number of methoxy groups -OCH3 is 2. The molecule has 1 aromatic carbocycles. The minimum atomic E-state index is -0.782. The maximum Gasteiger partial charge on any atom is 0.379 e. The number of hydrogen-bond acceptors (Lipinski definition) is 5. The van der Waals surface area contributed by atoms with E-state index >= 15 is 0 Å². The van der Waals surface area contributed by atoms with Gasteiger partial charge in [0.05, 0.1) is 19.8 Å². The maximum absolute atomic E-state index is 11.6. The first-order valence-electron chi connectivity index (χ1n) is 4.97. The Hall–Kier alpha value is -2.01. The fourth-order valence-corrected chi connectivity index (χ4v) is 1.86. The summed E-state index contributed by atoms with van der Waals surface area (Å²) in [5, 5.41) is -0.387. The molecule has 0 radical (unpaired) electrons. The van der Waals surface area contributed by atoms with Gasteiger partial charge in [-0.15, -0.1) is 0 Å². The Kier molecular flexibility index (Phi) is 3.25. The van der Waals surface area contributed by atoms with Crippen molar-refractivity contribution in [2.45, 2.75) is 0 Å². The van der Waals surface area contributed by atoms with Crippen molar-refractivity contribution in [1.29, 1.82) is 0 Å². The van der Waals surface area contributed by atoms with E-state index in [-0.39, 0.29) is 16.9 Å². The van der Waals surface area contributed by atoms with Crippen LogP contribution in [0.1, 0.15) is 10.4 Å². The molecule has 5 nitrogen and oxygen atoms in total. The van der Waals surface area contributed by atoms with Crippen LogP contribution in [0.25, 0.3) is 11.0 Å². The van der Waals surface area contributed by atoms with Crippen LogP contribution in [0.5, 0.6) is 11.5 Å². The summed E-state index contributed by atoms with van der Waals surface area (Å²) < 4.78 is 14.9. The summed E-state index contributed by atoms with van der Waals surface area (Å²) in [7, 11) is 2.75. The van der Waals surface area contributed by atoms with Crippen LogP contribution in [-0.2, 0) is 0 Å². The van der Waals surface area contributed by atoms with Gasteiger partial charge in [-0.05, 0) is 23.7 Å². The van der Waals surface area contributed by atoms with Gasteiger partial charge in [0.1, 0.15) is 11.3 Å². The third-order valence-corrected chi connectivity index (χ3v) is 2.66. The van der Waals surface area contributed by atoms with Gasteiger partial charge in [-0.3, -0.25) is 4.79 Å². The van der Waals surface area contributed by atoms with E-state index in [2.05, 4.69) is 0 Å². The van der Waals surface area contributed by atoms with Gasteiger partial charge in [0, 0.05) is 11.5 Å². The molecule has 0 amide bonds. The van der Waals surface area contributed by atoms with Crippen LogP contribution in [0.4, 0.5) is 0 Å². The number of fused-ring (bicyclic) bond motifs is 1. The average Bonchev–Trinajstić information content (AvgIpc) is 2.35. The number of ether oxygens (including phenoxy) is 2. The van der Waals surface area contributed by atoms with Gasteiger partial charge in [-0.25, -0.2) is 4.79 Å². The lowest BCUT2D eigenvalue weighted by Gasteiger charge is -2.07. The summed E-state index contributed by atoms with van der Waals surface area (Å²) in [6, 6.07) is 4.71. The molecule has 0 aliphatic carbocycles. The van der Waals surface area contributed by atoms with Crippen LogP contribution in [0.2, 0.25) is 0 Å². The predicted octanol–water partition coefficient (Wildman–Crippen LogP) is 2.19. The summed E-state index contributed by atoms with van der Waals surface area (Å²) in [4.78, 5) is 23.1. The zero-order valence-electron chi connectivity index (χ0n) is 9.65. The molecule has 0 bridgehead atoms. The number of carbonyl (C=O) groups is 1. The van der Waals surface area contributed by atoms with Crippen molar-refractivity contribution in [2.75, 3.05) is 14.2 Å². The molecule has 0 saturated heterocycles. The molecule has 0 N–H and O–H groups in total. The summed E-state index contributed by atoms with van der Waals surface area (Å²) >= 11 is 5.48. The average molecular weight is 269 g/mol. The van der Waals surface area contributed by atoms with E-state index in [9.17, 15) is 9.59 Å². The number of hydrogen-bond donors (Lipinski definition) is 0. The fourth-order valence-electron chi connectivity index (χ4n) is 1.67. The topological polar surface area (TPSA) is 65.7 Å². The van der Waals surface area contributed by atoms with Gasteiger partial charge >= 0.3 is 5.63 Å². The van der Waals surface area contributed by atoms with Crippen molar-refractivity contribution in [3.63, 3.8) is 0 Å². The van der Waals surface area contributed by atoms with Crippen LogP contribution in [0, 0.1) is 0 Å². The number of carbonyl (C=O) groups excluding carboxylic acids is 1. The third kappa shape index (κ3) is 1.93. The summed E-state index contributed by atoms with van der Waals surface area (Å²) in [5.41, 5.74) is -0.556. The van der Waals surface area contributed by atoms with E-state index in [1.165, 1.54) is 20.3 Å². The van der Waals surface area contributed by atoms with Gasteiger partial charge in [-0.1, -0.05) is 0 Å². The Morgan fingerprint density at radius 2 is 2.00 bits per heavy atom. The number of benzene rings is 1. The molecular weight excluding hydrogens is 260 g/mol. The quantitative estimate of drug-likeness (QED) is 0.631. The van der Waals surface area contributed by atoms with Crippen molar-refractivity contribution < 1.29 is 18.7 Å². The van der Waals surface area contributed by atoms with Crippen LogP contribution in [-0.4, -0.2) is 19.5 Å². The monoisotopic (exact) mass is 268 g/mol. The highest BCUT2D eigenvalue weighted by Gasteiger charge is 2.20. The molecule has 1 heterocycles. The van der Waals surface area contributed by atoms with Crippen molar-refractivity contribution in [1.82, 2.24) is 0 Å². The Bertz CT molecular complexity index is 674. The van der Waals surface area contributed by atoms with Gasteiger partial charge in [-0.2, -0.15) is 0 Å². The number of rotatable bonds is 3. The second-order valence-corrected chi connectivity index (χ2v) is 3.78. The first kappa shape index (κ1) is 12.4. The Labute approximate surface area is 107 Å². The van der Waals surface area contributed by atoms with Crippen LogP contribution in [0.3, 0.4) is 0 Å². The normalized spacial score (nSPS) is 10.4. The molecule has 2 rings (SSSR count). The molecule has 0 saturated carbocycles. The van der Waals surface area contributed by atoms with Crippen LogP contribution in [0.15, 0.2) is 27.4 Å². The van der Waals surface area contributed by atoms with Gasteiger partial charge in [0.2, 0.25) is 5.75 Å². The van der Waals surface area contributed by atoms with Gasteiger partial charge < -0.3 is 13.9 Å². The van der Waals surface area contributed by atoms with E-state index in [1.807, 2.05) is 0 Å². The molecule has 0 aliphatic rings. The Balaban J connectivity index is 2.90. The maximum atomic E-state index is 11.6. The molecule has 0 spiro atoms. The molecule has 0 fully saturated rings. The van der Waals surface area contributed by atoms with E-state index in [1.54, 1.807) is 12.1 Å². The third-order valence-electron chi connectivity index (χ3n) is 2.47. The van der Waals surface area contributed by atoms with E-state index in [4.69, 9.17) is 25.5 Å². The highest BCUT2D eigenvalue weighted by molar-refractivity contribution is 6.69. The molecule has 6 heteroatoms. The molecule has 1 aromatic heterocycles. The highest BCUT2D eigenvalue weighted by atomic mass is 35.5. The first-order valence-corrected chi connectivity index (χ1v) is 5.35. The summed E-state index contributed by atoms with van der Waals surface area (Å²) in [5.74, 6) is 0.302. The molecular formula is C12H9ClO5. The van der Waals surface area contributed by atoms with E-state index < -0.39 is 10.9 Å². The first-order chi connectivity index (χ1) is 8.58. The molecule has 0 unspecified atom stereocenters. The van der Waals surface area contributed by atoms with Crippen molar-refractivity contribution in [3.05, 3.63) is 34.2 Å². The zero-order valence-corrected chi connectivity index (χ0v) is 10.4. The van der Waals surface area contributed by atoms with Crippen molar-refractivity contribution >= 4 is 27.8 Å². The SMILES string of the molecule is COc1ccc2c(C(=O)Cl)c(OC)c(=O)oc2c1. The molecule has 2 aromatic rings. The molecule has 0 aliphatic heterocycles. The molecule has 18 heavy (non-hydrogen) atoms. The van der Waals surface area contributed by atoms with E-state index in [0.29, 0.717) is 11.1 Å². The minimum Gasteiger partial charge on any atom is -0.497 e. The fraction of sp³-hybridized carbons (Fsp3) is 0.167. The minimum absolute atomic E-state index is 0.00642. The lowest BCUT2D eigenvalue weighted by Crippen LogP contribution is -2.09. The Morgan fingerprint density at radius 3 is 2.56 bits per heavy atom. The van der Waals surface area contributed by atoms with Gasteiger partial charge in [0.25, 0.3) is 5.24 Å². The van der Waals surface area contributed by atoms with Crippen molar-refractivity contribution in [3.8, 4) is 11.5 Å². The standard InChI is InChI=1S/C12H9ClO5/c1-16-6-3-4-7-8(5-6)18-12(15)10(17-2)9(7)11(13)14/h3-5H,1-2H3. The second kappa shape index (κ2) is 4.70. The Morgan fingerprint density at radius 1 is 1.28 bits per heavy atom. The van der Waals surface area contributed by atoms with Crippen LogP contribution < -0.4 is 15.1 Å². The number of halogens is 1.